The van der Waals surface area contributed by atoms with Crippen LogP contribution < -0.4 is 10.6 Å². The predicted molar refractivity (Wildman–Crippen MR) is 110 cm³/mol. The molecule has 2 N–H and O–H groups in total. The van der Waals surface area contributed by atoms with Crippen molar-refractivity contribution in [1.29, 1.82) is 0 Å². The molecule has 3 aromatic rings. The van der Waals surface area contributed by atoms with Crippen molar-refractivity contribution in [2.75, 3.05) is 5.32 Å². The van der Waals surface area contributed by atoms with E-state index >= 15 is 0 Å². The molecule has 0 spiro atoms. The minimum absolute atomic E-state index is 0.0429. The van der Waals surface area contributed by atoms with Crippen LogP contribution in [0.15, 0.2) is 72.8 Å². The minimum atomic E-state index is -0.365. The zero-order valence-corrected chi connectivity index (χ0v) is 15.4. The Bertz CT molecular complexity index is 1140. The molecule has 0 saturated carbocycles. The van der Waals surface area contributed by atoms with Gasteiger partial charge in [-0.2, -0.15) is 0 Å². The van der Waals surface area contributed by atoms with E-state index in [1.807, 2.05) is 6.07 Å². The van der Waals surface area contributed by atoms with Crippen LogP contribution in [0.25, 0.3) is 0 Å². The van der Waals surface area contributed by atoms with E-state index in [0.717, 1.165) is 0 Å². The molecule has 1 amide bonds. The molecule has 0 saturated heterocycles. The van der Waals surface area contributed by atoms with Crippen molar-refractivity contribution in [3.05, 3.63) is 101 Å². The molecule has 0 aromatic heterocycles. The van der Waals surface area contributed by atoms with Crippen LogP contribution in [0.4, 0.5) is 5.69 Å². The first-order chi connectivity index (χ1) is 13.6. The van der Waals surface area contributed by atoms with Crippen LogP contribution in [0.5, 0.6) is 0 Å². The van der Waals surface area contributed by atoms with E-state index in [-0.39, 0.29) is 28.1 Å². The molecule has 0 unspecified atom stereocenters. The van der Waals surface area contributed by atoms with E-state index in [0.29, 0.717) is 27.9 Å². The summed E-state index contributed by atoms with van der Waals surface area (Å²) in [5.74, 6) is -0.839. The van der Waals surface area contributed by atoms with E-state index in [9.17, 15) is 14.4 Å². The van der Waals surface area contributed by atoms with Crippen molar-refractivity contribution in [3.8, 4) is 0 Å². The van der Waals surface area contributed by atoms with Crippen LogP contribution >= 0.6 is 12.2 Å². The summed E-state index contributed by atoms with van der Waals surface area (Å²) in [6, 6.07) is 20.3. The van der Waals surface area contributed by atoms with Crippen LogP contribution in [0, 0.1) is 0 Å². The highest BCUT2D eigenvalue weighted by Gasteiger charge is 2.31. The van der Waals surface area contributed by atoms with E-state index < -0.39 is 0 Å². The fourth-order valence-electron chi connectivity index (χ4n) is 3.17. The third-order valence-corrected chi connectivity index (χ3v) is 4.67. The molecular weight excluding hydrogens is 372 g/mol. The first-order valence-electron chi connectivity index (χ1n) is 8.55. The number of hydrogen-bond acceptors (Lipinski definition) is 4. The average Bonchev–Trinajstić information content (AvgIpc) is 2.72. The minimum Gasteiger partial charge on any atom is -0.332 e. The van der Waals surface area contributed by atoms with Gasteiger partial charge in [0.05, 0.1) is 11.3 Å². The van der Waals surface area contributed by atoms with Gasteiger partial charge in [0.1, 0.15) is 0 Å². The smallest absolute Gasteiger partial charge is 0.257 e. The summed E-state index contributed by atoms with van der Waals surface area (Å²) in [6.45, 7) is 0. The molecule has 1 aliphatic carbocycles. The maximum absolute atomic E-state index is 13.0. The van der Waals surface area contributed by atoms with Gasteiger partial charge >= 0.3 is 0 Å². The van der Waals surface area contributed by atoms with Crippen molar-refractivity contribution in [2.24, 2.45) is 0 Å². The summed E-state index contributed by atoms with van der Waals surface area (Å²) in [5, 5.41) is 5.50. The molecule has 0 radical (unpaired) electrons. The normalized spacial score (nSPS) is 12.0. The van der Waals surface area contributed by atoms with Gasteiger partial charge in [-0.25, -0.2) is 0 Å². The number of amides is 1. The second-order valence-electron chi connectivity index (χ2n) is 6.21. The second kappa shape index (κ2) is 7.17. The Morgan fingerprint density at radius 1 is 0.714 bits per heavy atom. The quantitative estimate of drug-likeness (QED) is 0.515. The van der Waals surface area contributed by atoms with E-state index in [1.165, 1.54) is 0 Å². The molecule has 28 heavy (non-hydrogen) atoms. The van der Waals surface area contributed by atoms with Gasteiger partial charge < -0.3 is 5.32 Å². The summed E-state index contributed by atoms with van der Waals surface area (Å²) in [7, 11) is 0. The fraction of sp³-hybridized carbons (Fsp3) is 0. The van der Waals surface area contributed by atoms with Crippen LogP contribution in [0.3, 0.4) is 0 Å². The summed E-state index contributed by atoms with van der Waals surface area (Å²) in [6.07, 6.45) is 0. The van der Waals surface area contributed by atoms with Crippen LogP contribution in [-0.2, 0) is 0 Å². The molecule has 3 aromatic carbocycles. The van der Waals surface area contributed by atoms with Gasteiger partial charge in [-0.3, -0.25) is 19.7 Å². The molecule has 0 fully saturated rings. The molecule has 0 atom stereocenters. The summed E-state index contributed by atoms with van der Waals surface area (Å²) < 4.78 is 0. The summed E-state index contributed by atoms with van der Waals surface area (Å²) in [4.78, 5) is 38.0. The van der Waals surface area contributed by atoms with Gasteiger partial charge in [0.2, 0.25) is 0 Å². The molecule has 136 valence electrons. The first kappa shape index (κ1) is 17.8. The third kappa shape index (κ3) is 3.10. The standard InChI is InChI=1S/C22H14N2O3S/c25-19-14-9-4-5-10-15(14)20(26)18-16(19)11-6-12-17(18)23-22(28)24-21(27)13-7-2-1-3-8-13/h1-12H,(H2,23,24,27,28). The molecule has 6 heteroatoms. The lowest BCUT2D eigenvalue weighted by Crippen LogP contribution is -2.35. The number of nitrogens with one attached hydrogen (secondary N) is 2. The Hall–Kier alpha value is -3.64. The summed E-state index contributed by atoms with van der Waals surface area (Å²) in [5.41, 5.74) is 2.14. The SMILES string of the molecule is O=C(NC(=S)Nc1cccc2c1C(=O)c1ccccc1C2=O)c1ccccc1. The largest absolute Gasteiger partial charge is 0.332 e. The van der Waals surface area contributed by atoms with Gasteiger partial charge in [0.15, 0.2) is 16.7 Å². The Morgan fingerprint density at radius 3 is 2.04 bits per heavy atom. The van der Waals surface area contributed by atoms with E-state index in [2.05, 4.69) is 10.6 Å². The molecule has 1 aliphatic rings. The first-order valence-corrected chi connectivity index (χ1v) is 8.96. The van der Waals surface area contributed by atoms with Crippen molar-refractivity contribution < 1.29 is 14.4 Å². The van der Waals surface area contributed by atoms with Crippen molar-refractivity contribution in [1.82, 2.24) is 5.32 Å². The zero-order valence-electron chi connectivity index (χ0n) is 14.6. The lowest BCUT2D eigenvalue weighted by Gasteiger charge is -2.21. The number of thiocarbonyl (C=S) groups is 1. The molecule has 0 aliphatic heterocycles. The monoisotopic (exact) mass is 386 g/mol. The molecule has 0 bridgehead atoms. The maximum Gasteiger partial charge on any atom is 0.257 e. The summed E-state index contributed by atoms with van der Waals surface area (Å²) >= 11 is 5.22. The molecule has 0 heterocycles. The molecule has 5 nitrogen and oxygen atoms in total. The number of rotatable bonds is 2. The van der Waals surface area contributed by atoms with Crippen LogP contribution in [0.2, 0.25) is 0 Å². The topological polar surface area (TPSA) is 75.3 Å². The second-order valence-corrected chi connectivity index (χ2v) is 6.61. The number of fused-ring (bicyclic) bond motifs is 2. The number of benzene rings is 3. The maximum atomic E-state index is 13.0. The predicted octanol–water partition coefficient (Wildman–Crippen LogP) is 3.59. The van der Waals surface area contributed by atoms with Gasteiger partial charge in [0.25, 0.3) is 5.91 Å². The number of hydrogen-bond donors (Lipinski definition) is 2. The van der Waals surface area contributed by atoms with Crippen molar-refractivity contribution in [3.63, 3.8) is 0 Å². The highest BCUT2D eigenvalue weighted by atomic mass is 32.1. The van der Waals surface area contributed by atoms with E-state index in [4.69, 9.17) is 12.2 Å². The average molecular weight is 386 g/mol. The van der Waals surface area contributed by atoms with E-state index in [1.54, 1.807) is 66.7 Å². The van der Waals surface area contributed by atoms with Gasteiger partial charge in [0, 0.05) is 22.3 Å². The lowest BCUT2D eigenvalue weighted by molar-refractivity contribution is 0.0976. The molecular formula is C22H14N2O3S. The number of anilines is 1. The third-order valence-electron chi connectivity index (χ3n) is 4.46. The highest BCUT2D eigenvalue weighted by Crippen LogP contribution is 2.31. The van der Waals surface area contributed by atoms with Gasteiger partial charge in [-0.15, -0.1) is 0 Å². The number of carbonyl (C=O) groups excluding carboxylic acids is 3. The Morgan fingerprint density at radius 2 is 1.32 bits per heavy atom. The van der Waals surface area contributed by atoms with Crippen LogP contribution in [-0.4, -0.2) is 22.6 Å². The Balaban J connectivity index is 1.62. The van der Waals surface area contributed by atoms with Crippen molar-refractivity contribution in [2.45, 2.75) is 0 Å². The molecule has 4 rings (SSSR count). The van der Waals surface area contributed by atoms with Gasteiger partial charge in [-0.05, 0) is 30.4 Å². The fourth-order valence-corrected chi connectivity index (χ4v) is 3.37. The van der Waals surface area contributed by atoms with Gasteiger partial charge in [-0.1, -0.05) is 54.6 Å². The zero-order chi connectivity index (χ0) is 19.7. The highest BCUT2D eigenvalue weighted by molar-refractivity contribution is 7.80. The number of carbonyl (C=O) groups is 3. The Labute approximate surface area is 166 Å². The number of ketones is 2. The van der Waals surface area contributed by atoms with Crippen LogP contribution in [0.1, 0.15) is 42.2 Å². The van der Waals surface area contributed by atoms with Crippen molar-refractivity contribution >= 4 is 40.5 Å². The lowest BCUT2D eigenvalue weighted by atomic mass is 9.83. The Kier molecular flexibility index (Phi) is 4.55.